The molecule has 1 aliphatic rings. The summed E-state index contributed by atoms with van der Waals surface area (Å²) in [6, 6.07) is 1.83. The number of nitrogens with two attached hydrogens (primary N) is 1. The van der Waals surface area contributed by atoms with Crippen LogP contribution in [0.1, 0.15) is 31.2 Å². The lowest BCUT2D eigenvalue weighted by Crippen LogP contribution is -2.37. The predicted octanol–water partition coefficient (Wildman–Crippen LogP) is 2.51. The first kappa shape index (κ1) is 11.7. The van der Waals surface area contributed by atoms with E-state index in [9.17, 15) is 0 Å². The van der Waals surface area contributed by atoms with Crippen molar-refractivity contribution in [3.05, 3.63) is 22.8 Å². The molecule has 1 aromatic heterocycles. The number of methoxy groups -OCH3 is 1. The second-order valence-electron chi connectivity index (χ2n) is 4.35. The van der Waals surface area contributed by atoms with Crippen molar-refractivity contribution >= 4 is 11.6 Å². The van der Waals surface area contributed by atoms with Crippen LogP contribution in [-0.4, -0.2) is 18.6 Å². The van der Waals surface area contributed by atoms with Crippen molar-refractivity contribution in [1.29, 1.82) is 0 Å². The first-order valence-corrected chi connectivity index (χ1v) is 6.00. The van der Waals surface area contributed by atoms with Gasteiger partial charge in [-0.15, -0.1) is 0 Å². The summed E-state index contributed by atoms with van der Waals surface area (Å²) in [5, 5.41) is 0.750. The molecule has 0 spiro atoms. The molecular weight excluding hydrogens is 224 g/mol. The smallest absolute Gasteiger partial charge is 0.218 e. The Morgan fingerprint density at radius 2 is 2.31 bits per heavy atom. The van der Waals surface area contributed by atoms with Crippen LogP contribution < -0.4 is 10.5 Å². The highest BCUT2D eigenvalue weighted by atomic mass is 35.5. The zero-order valence-electron chi connectivity index (χ0n) is 9.50. The fraction of sp³-hybridized carbons (Fsp3) is 0.583. The predicted molar refractivity (Wildman–Crippen MR) is 65.0 cm³/mol. The Balaban J connectivity index is 2.44. The van der Waals surface area contributed by atoms with E-state index in [2.05, 4.69) is 4.98 Å². The van der Waals surface area contributed by atoms with Crippen LogP contribution in [0.2, 0.25) is 5.02 Å². The summed E-state index contributed by atoms with van der Waals surface area (Å²) in [6.45, 7) is 0.675. The van der Waals surface area contributed by atoms with E-state index in [1.165, 1.54) is 6.42 Å². The van der Waals surface area contributed by atoms with Crippen molar-refractivity contribution in [2.45, 2.75) is 31.1 Å². The van der Waals surface area contributed by atoms with E-state index in [1.54, 1.807) is 13.3 Å². The van der Waals surface area contributed by atoms with Gasteiger partial charge < -0.3 is 10.5 Å². The van der Waals surface area contributed by atoms with E-state index >= 15 is 0 Å². The SMILES string of the molecule is COc1nccc(Cl)c1C1(CCN)CCC1. The van der Waals surface area contributed by atoms with Crippen LogP contribution in [0.3, 0.4) is 0 Å². The number of rotatable bonds is 4. The summed E-state index contributed by atoms with van der Waals surface area (Å²) >= 11 is 6.28. The summed E-state index contributed by atoms with van der Waals surface area (Å²) in [4.78, 5) is 4.24. The van der Waals surface area contributed by atoms with Gasteiger partial charge in [-0.25, -0.2) is 4.98 Å². The molecule has 1 aliphatic carbocycles. The molecule has 0 radical (unpaired) electrons. The average molecular weight is 241 g/mol. The van der Waals surface area contributed by atoms with Crippen LogP contribution in [-0.2, 0) is 5.41 Å². The molecule has 16 heavy (non-hydrogen) atoms. The molecule has 2 rings (SSSR count). The number of nitrogens with zero attached hydrogens (tertiary/aromatic N) is 1. The van der Waals surface area contributed by atoms with Crippen LogP contribution in [0.5, 0.6) is 5.88 Å². The Hall–Kier alpha value is -0.800. The summed E-state index contributed by atoms with van der Waals surface area (Å²) in [5.74, 6) is 0.653. The minimum Gasteiger partial charge on any atom is -0.481 e. The molecule has 1 saturated carbocycles. The second kappa shape index (κ2) is 4.60. The zero-order chi connectivity index (χ0) is 11.6. The molecule has 2 N–H and O–H groups in total. The van der Waals surface area contributed by atoms with Crippen LogP contribution in [0, 0.1) is 0 Å². The average Bonchev–Trinajstić information content (AvgIpc) is 2.24. The van der Waals surface area contributed by atoms with Crippen molar-refractivity contribution in [2.24, 2.45) is 5.73 Å². The monoisotopic (exact) mass is 240 g/mol. The van der Waals surface area contributed by atoms with Gasteiger partial charge >= 0.3 is 0 Å². The fourth-order valence-corrected chi connectivity index (χ4v) is 2.90. The third-order valence-electron chi connectivity index (χ3n) is 3.52. The lowest BCUT2D eigenvalue weighted by atomic mass is 9.62. The molecule has 1 aromatic rings. The normalized spacial score (nSPS) is 17.9. The number of hydrogen-bond donors (Lipinski definition) is 1. The van der Waals surface area contributed by atoms with E-state index in [0.29, 0.717) is 12.4 Å². The third kappa shape index (κ3) is 1.78. The molecule has 0 saturated heterocycles. The standard InChI is InChI=1S/C12H17ClN2O/c1-16-11-10(9(13)3-8-15-11)12(6-7-14)4-2-5-12/h3,8H,2,4-7,14H2,1H3. The number of hydrogen-bond acceptors (Lipinski definition) is 3. The summed E-state index contributed by atoms with van der Waals surface area (Å²) in [5.41, 5.74) is 6.85. The van der Waals surface area contributed by atoms with E-state index in [1.807, 2.05) is 6.07 Å². The lowest BCUT2D eigenvalue weighted by molar-refractivity contribution is 0.219. The van der Waals surface area contributed by atoms with Gasteiger partial charge in [-0.05, 0) is 31.9 Å². The molecule has 0 amide bonds. The molecule has 0 unspecified atom stereocenters. The van der Waals surface area contributed by atoms with Gasteiger partial charge in [0, 0.05) is 17.2 Å². The van der Waals surface area contributed by atoms with Crippen LogP contribution in [0.25, 0.3) is 0 Å². The number of pyridine rings is 1. The van der Waals surface area contributed by atoms with Crippen molar-refractivity contribution < 1.29 is 4.74 Å². The van der Waals surface area contributed by atoms with Gasteiger partial charge in [0.15, 0.2) is 0 Å². The van der Waals surface area contributed by atoms with Gasteiger partial charge in [0.25, 0.3) is 0 Å². The van der Waals surface area contributed by atoms with Gasteiger partial charge in [-0.1, -0.05) is 18.0 Å². The molecule has 4 heteroatoms. The quantitative estimate of drug-likeness (QED) is 0.880. The summed E-state index contributed by atoms with van der Waals surface area (Å²) in [6.07, 6.45) is 6.13. The molecular formula is C12H17ClN2O. The Bertz CT molecular complexity index is 377. The van der Waals surface area contributed by atoms with Crippen molar-refractivity contribution in [3.8, 4) is 5.88 Å². The fourth-order valence-electron chi connectivity index (χ4n) is 2.56. The van der Waals surface area contributed by atoms with Gasteiger partial charge in [0.1, 0.15) is 0 Å². The van der Waals surface area contributed by atoms with Crippen LogP contribution >= 0.6 is 11.6 Å². The molecule has 0 aromatic carbocycles. The molecule has 0 atom stereocenters. The minimum absolute atomic E-state index is 0.103. The number of ether oxygens (including phenoxy) is 1. The summed E-state index contributed by atoms with van der Waals surface area (Å²) < 4.78 is 5.32. The lowest BCUT2D eigenvalue weighted by Gasteiger charge is -2.43. The first-order chi connectivity index (χ1) is 7.73. The zero-order valence-corrected chi connectivity index (χ0v) is 10.3. The molecule has 0 bridgehead atoms. The number of aromatic nitrogens is 1. The van der Waals surface area contributed by atoms with Gasteiger partial charge in [-0.3, -0.25) is 0 Å². The van der Waals surface area contributed by atoms with E-state index < -0.39 is 0 Å². The highest BCUT2D eigenvalue weighted by Gasteiger charge is 2.41. The molecule has 88 valence electrons. The van der Waals surface area contributed by atoms with Gasteiger partial charge in [-0.2, -0.15) is 0 Å². The van der Waals surface area contributed by atoms with E-state index in [4.69, 9.17) is 22.1 Å². The molecule has 1 heterocycles. The molecule has 1 fully saturated rings. The van der Waals surface area contributed by atoms with Crippen molar-refractivity contribution in [3.63, 3.8) is 0 Å². The van der Waals surface area contributed by atoms with Crippen LogP contribution in [0.15, 0.2) is 12.3 Å². The summed E-state index contributed by atoms with van der Waals surface area (Å²) in [7, 11) is 1.64. The van der Waals surface area contributed by atoms with E-state index in [-0.39, 0.29) is 5.41 Å². The Morgan fingerprint density at radius 1 is 1.56 bits per heavy atom. The number of halogens is 1. The maximum Gasteiger partial charge on any atom is 0.218 e. The van der Waals surface area contributed by atoms with Crippen molar-refractivity contribution in [1.82, 2.24) is 4.98 Å². The Kier molecular flexibility index (Phi) is 3.36. The Labute approximate surface area is 101 Å². The third-order valence-corrected chi connectivity index (χ3v) is 3.84. The Morgan fingerprint density at radius 3 is 2.81 bits per heavy atom. The first-order valence-electron chi connectivity index (χ1n) is 5.62. The maximum atomic E-state index is 6.28. The largest absolute Gasteiger partial charge is 0.481 e. The van der Waals surface area contributed by atoms with Gasteiger partial charge in [0.2, 0.25) is 5.88 Å². The molecule has 3 nitrogen and oxygen atoms in total. The highest BCUT2D eigenvalue weighted by Crippen LogP contribution is 2.51. The topological polar surface area (TPSA) is 48.1 Å². The highest BCUT2D eigenvalue weighted by molar-refractivity contribution is 6.31. The minimum atomic E-state index is 0.103. The van der Waals surface area contributed by atoms with Crippen molar-refractivity contribution in [2.75, 3.05) is 13.7 Å². The van der Waals surface area contributed by atoms with Crippen LogP contribution in [0.4, 0.5) is 0 Å². The molecule has 0 aliphatic heterocycles. The van der Waals surface area contributed by atoms with Gasteiger partial charge in [0.05, 0.1) is 12.1 Å². The van der Waals surface area contributed by atoms with E-state index in [0.717, 1.165) is 29.8 Å². The maximum absolute atomic E-state index is 6.28. The second-order valence-corrected chi connectivity index (χ2v) is 4.76.